The average molecular weight is 377 g/mol. The van der Waals surface area contributed by atoms with Crippen molar-refractivity contribution in [2.75, 3.05) is 30.3 Å². The normalized spacial score (nSPS) is 15.5. The summed E-state index contributed by atoms with van der Waals surface area (Å²) in [6, 6.07) is 7.76. The molecule has 0 radical (unpaired) electrons. The van der Waals surface area contributed by atoms with Crippen LogP contribution in [0, 0.1) is 6.92 Å². The Bertz CT molecular complexity index is 955. The van der Waals surface area contributed by atoms with Gasteiger partial charge in [-0.25, -0.2) is 15.0 Å². The molecule has 0 atom stereocenters. The monoisotopic (exact) mass is 377 g/mol. The number of likely N-dealkylation sites (tertiary alicyclic amines) is 1. The van der Waals surface area contributed by atoms with E-state index in [0.717, 1.165) is 42.5 Å². The standard InChI is InChI=1S/C20H23N7O/c1-14-16-3-4-18(25-17(16)5-10-21-14)26-19(28)13-27-11-6-15(7-12-27)24-20-22-8-2-9-23-20/h2-5,8-10,15H,6-7,11-13H2,1H3,(H,22,23,24)(H,25,26,28). The van der Waals surface area contributed by atoms with Gasteiger partial charge in [0, 0.05) is 48.8 Å². The lowest BCUT2D eigenvalue weighted by atomic mass is 10.1. The van der Waals surface area contributed by atoms with Crippen LogP contribution in [0.2, 0.25) is 0 Å². The van der Waals surface area contributed by atoms with Crippen LogP contribution in [-0.2, 0) is 4.79 Å². The number of pyridine rings is 2. The Balaban J connectivity index is 1.28. The third kappa shape index (κ3) is 4.40. The minimum atomic E-state index is -0.0459. The molecule has 0 bridgehead atoms. The van der Waals surface area contributed by atoms with Crippen molar-refractivity contribution in [3.8, 4) is 0 Å². The number of hydrogen-bond donors (Lipinski definition) is 2. The number of hydrogen-bond acceptors (Lipinski definition) is 7. The van der Waals surface area contributed by atoms with Gasteiger partial charge < -0.3 is 10.6 Å². The number of amides is 1. The van der Waals surface area contributed by atoms with Crippen LogP contribution in [0.15, 0.2) is 42.9 Å². The van der Waals surface area contributed by atoms with Gasteiger partial charge in [-0.05, 0) is 44.0 Å². The minimum Gasteiger partial charge on any atom is -0.351 e. The maximum Gasteiger partial charge on any atom is 0.239 e. The van der Waals surface area contributed by atoms with Gasteiger partial charge in [0.05, 0.1) is 12.1 Å². The van der Waals surface area contributed by atoms with E-state index in [-0.39, 0.29) is 5.91 Å². The summed E-state index contributed by atoms with van der Waals surface area (Å²) in [6.07, 6.45) is 7.09. The highest BCUT2D eigenvalue weighted by atomic mass is 16.2. The topological polar surface area (TPSA) is 95.9 Å². The Morgan fingerprint density at radius 3 is 2.68 bits per heavy atom. The molecule has 144 valence electrons. The van der Waals surface area contributed by atoms with E-state index < -0.39 is 0 Å². The van der Waals surface area contributed by atoms with E-state index in [0.29, 0.717) is 24.4 Å². The summed E-state index contributed by atoms with van der Waals surface area (Å²) in [4.78, 5) is 31.8. The van der Waals surface area contributed by atoms with Crippen LogP contribution in [0.25, 0.3) is 10.9 Å². The number of carbonyl (C=O) groups excluding carboxylic acids is 1. The lowest BCUT2D eigenvalue weighted by Gasteiger charge is -2.31. The molecule has 2 N–H and O–H groups in total. The highest BCUT2D eigenvalue weighted by molar-refractivity contribution is 5.93. The zero-order valence-corrected chi connectivity index (χ0v) is 15.8. The molecule has 1 aliphatic rings. The van der Waals surface area contributed by atoms with Gasteiger partial charge in [0.25, 0.3) is 0 Å². The number of piperidine rings is 1. The van der Waals surface area contributed by atoms with Gasteiger partial charge in [-0.15, -0.1) is 0 Å². The molecule has 8 heteroatoms. The van der Waals surface area contributed by atoms with Crippen molar-refractivity contribution < 1.29 is 4.79 Å². The SMILES string of the molecule is Cc1nccc2nc(NC(=O)CN3CCC(Nc4ncccn4)CC3)ccc12. The largest absolute Gasteiger partial charge is 0.351 e. The smallest absolute Gasteiger partial charge is 0.239 e. The van der Waals surface area contributed by atoms with Crippen molar-refractivity contribution in [3.05, 3.63) is 48.5 Å². The number of carbonyl (C=O) groups is 1. The number of nitrogens with zero attached hydrogens (tertiary/aromatic N) is 5. The zero-order chi connectivity index (χ0) is 19.3. The molecule has 3 aromatic heterocycles. The summed E-state index contributed by atoms with van der Waals surface area (Å²) in [5.41, 5.74) is 1.76. The second-order valence-electron chi connectivity index (χ2n) is 6.97. The third-order valence-corrected chi connectivity index (χ3v) is 4.94. The predicted octanol–water partition coefficient (Wildman–Crippen LogP) is 2.24. The van der Waals surface area contributed by atoms with Gasteiger partial charge in [-0.1, -0.05) is 0 Å². The number of anilines is 2. The molecule has 1 aliphatic heterocycles. The van der Waals surface area contributed by atoms with E-state index in [1.165, 1.54) is 0 Å². The first-order valence-electron chi connectivity index (χ1n) is 9.45. The minimum absolute atomic E-state index is 0.0459. The van der Waals surface area contributed by atoms with Crippen LogP contribution in [0.5, 0.6) is 0 Å². The zero-order valence-electron chi connectivity index (χ0n) is 15.8. The number of aryl methyl sites for hydroxylation is 1. The number of rotatable bonds is 5. The maximum atomic E-state index is 12.4. The van der Waals surface area contributed by atoms with Crippen molar-refractivity contribution >= 4 is 28.6 Å². The van der Waals surface area contributed by atoms with Crippen molar-refractivity contribution in [2.24, 2.45) is 0 Å². The second kappa shape index (κ2) is 8.26. The Hall–Kier alpha value is -3.13. The van der Waals surface area contributed by atoms with E-state index in [4.69, 9.17) is 0 Å². The van der Waals surface area contributed by atoms with E-state index in [9.17, 15) is 4.79 Å². The molecule has 3 aromatic rings. The highest BCUT2D eigenvalue weighted by Gasteiger charge is 2.21. The fourth-order valence-corrected chi connectivity index (χ4v) is 3.44. The first kappa shape index (κ1) is 18.2. The molecule has 4 heterocycles. The summed E-state index contributed by atoms with van der Waals surface area (Å²) < 4.78 is 0. The summed E-state index contributed by atoms with van der Waals surface area (Å²) in [5, 5.41) is 7.25. The molecule has 0 aliphatic carbocycles. The van der Waals surface area contributed by atoms with E-state index in [1.54, 1.807) is 24.7 Å². The van der Waals surface area contributed by atoms with Crippen molar-refractivity contribution in [1.82, 2.24) is 24.8 Å². The van der Waals surface area contributed by atoms with Crippen molar-refractivity contribution in [1.29, 1.82) is 0 Å². The molecular weight excluding hydrogens is 354 g/mol. The molecule has 0 spiro atoms. The van der Waals surface area contributed by atoms with Crippen LogP contribution < -0.4 is 10.6 Å². The van der Waals surface area contributed by atoms with Crippen LogP contribution in [0.1, 0.15) is 18.5 Å². The number of fused-ring (bicyclic) bond motifs is 1. The van der Waals surface area contributed by atoms with E-state index in [2.05, 4.69) is 35.5 Å². The van der Waals surface area contributed by atoms with Crippen molar-refractivity contribution in [2.45, 2.75) is 25.8 Å². The molecule has 0 unspecified atom stereocenters. The van der Waals surface area contributed by atoms with Gasteiger partial charge in [0.1, 0.15) is 5.82 Å². The fraction of sp³-hybridized carbons (Fsp3) is 0.350. The summed E-state index contributed by atoms with van der Waals surface area (Å²) in [5.74, 6) is 1.18. The van der Waals surface area contributed by atoms with Gasteiger partial charge in [-0.2, -0.15) is 0 Å². The Morgan fingerprint density at radius 2 is 1.89 bits per heavy atom. The first-order valence-corrected chi connectivity index (χ1v) is 9.45. The second-order valence-corrected chi connectivity index (χ2v) is 6.97. The van der Waals surface area contributed by atoms with Gasteiger partial charge in [-0.3, -0.25) is 14.7 Å². The van der Waals surface area contributed by atoms with Gasteiger partial charge >= 0.3 is 0 Å². The molecule has 0 saturated carbocycles. The average Bonchev–Trinajstić information content (AvgIpc) is 2.70. The van der Waals surface area contributed by atoms with E-state index >= 15 is 0 Å². The predicted molar refractivity (Wildman–Crippen MR) is 108 cm³/mol. The first-order chi connectivity index (χ1) is 13.7. The maximum absolute atomic E-state index is 12.4. The van der Waals surface area contributed by atoms with Crippen molar-refractivity contribution in [3.63, 3.8) is 0 Å². The Morgan fingerprint density at radius 1 is 1.11 bits per heavy atom. The highest BCUT2D eigenvalue weighted by Crippen LogP contribution is 2.17. The molecule has 0 aromatic carbocycles. The van der Waals surface area contributed by atoms with Crippen LogP contribution >= 0.6 is 0 Å². The molecule has 4 rings (SSSR count). The van der Waals surface area contributed by atoms with Crippen LogP contribution in [-0.4, -0.2) is 56.4 Å². The summed E-state index contributed by atoms with van der Waals surface area (Å²) >= 11 is 0. The third-order valence-electron chi connectivity index (χ3n) is 4.94. The number of nitrogens with one attached hydrogen (secondary N) is 2. The molecule has 8 nitrogen and oxygen atoms in total. The number of aromatic nitrogens is 4. The Kier molecular flexibility index (Phi) is 5.38. The lowest BCUT2D eigenvalue weighted by molar-refractivity contribution is -0.117. The quantitative estimate of drug-likeness (QED) is 0.704. The molecule has 28 heavy (non-hydrogen) atoms. The summed E-state index contributed by atoms with van der Waals surface area (Å²) in [7, 11) is 0. The molecular formula is C20H23N7O. The molecule has 1 fully saturated rings. The lowest BCUT2D eigenvalue weighted by Crippen LogP contribution is -2.42. The van der Waals surface area contributed by atoms with Gasteiger partial charge in [0.15, 0.2) is 0 Å². The fourth-order valence-electron chi connectivity index (χ4n) is 3.44. The van der Waals surface area contributed by atoms with Gasteiger partial charge in [0.2, 0.25) is 11.9 Å². The van der Waals surface area contributed by atoms with Crippen LogP contribution in [0.3, 0.4) is 0 Å². The molecule has 1 saturated heterocycles. The van der Waals surface area contributed by atoms with Crippen LogP contribution in [0.4, 0.5) is 11.8 Å². The van der Waals surface area contributed by atoms with E-state index in [1.807, 2.05) is 25.1 Å². The summed E-state index contributed by atoms with van der Waals surface area (Å²) in [6.45, 7) is 4.02. The Labute approximate surface area is 163 Å². The molecule has 1 amide bonds.